The topological polar surface area (TPSA) is 152 Å². The molecule has 5 rings (SSSR count). The summed E-state index contributed by atoms with van der Waals surface area (Å²) in [7, 11) is 1.53. The van der Waals surface area contributed by atoms with E-state index in [0.29, 0.717) is 28.4 Å². The molecule has 0 saturated heterocycles. The summed E-state index contributed by atoms with van der Waals surface area (Å²) in [4.78, 5) is 41.6. The Balaban J connectivity index is 1.82. The lowest BCUT2D eigenvalue weighted by atomic mass is 9.67. The second-order valence-electron chi connectivity index (χ2n) is 7.93. The standard InChI is InChI=1S/C24H19N5O5/c1-33-14-8-6-13(7-9-14)29-18-12-34-22(31)20(18)24(16(10-25)21(29)27)15-4-2-3-5-17(15)28(23(24)32)11-19(26)30/h2-9H,11-12,27H2,1H3,(H2,26,30)/t24-/m1/s1. The summed E-state index contributed by atoms with van der Waals surface area (Å²) in [5.41, 5.74) is 11.6. The minimum atomic E-state index is -1.85. The Hall–Kier alpha value is -4.78. The largest absolute Gasteiger partial charge is 0.497 e. The summed E-state index contributed by atoms with van der Waals surface area (Å²) >= 11 is 0. The fourth-order valence-electron chi connectivity index (χ4n) is 4.93. The summed E-state index contributed by atoms with van der Waals surface area (Å²) in [6, 6.07) is 15.6. The summed E-state index contributed by atoms with van der Waals surface area (Å²) in [5.74, 6) is -1.55. The molecular weight excluding hydrogens is 438 g/mol. The van der Waals surface area contributed by atoms with Gasteiger partial charge in [0, 0.05) is 16.9 Å². The first-order valence-corrected chi connectivity index (χ1v) is 10.3. The molecule has 1 spiro atoms. The van der Waals surface area contributed by atoms with Gasteiger partial charge >= 0.3 is 5.97 Å². The Morgan fingerprint density at radius 2 is 1.91 bits per heavy atom. The Kier molecular flexibility index (Phi) is 4.58. The molecule has 170 valence electrons. The number of carbonyl (C=O) groups excluding carboxylic acids is 3. The lowest BCUT2D eigenvalue weighted by Crippen LogP contribution is -2.51. The third-order valence-electron chi connectivity index (χ3n) is 6.27. The van der Waals surface area contributed by atoms with Crippen LogP contribution in [0.25, 0.3) is 0 Å². The van der Waals surface area contributed by atoms with Crippen LogP contribution in [-0.2, 0) is 24.5 Å². The fraction of sp³-hybridized carbons (Fsp3) is 0.167. The number of hydrogen-bond donors (Lipinski definition) is 2. The van der Waals surface area contributed by atoms with E-state index in [4.69, 9.17) is 20.9 Å². The molecule has 2 aromatic carbocycles. The Labute approximate surface area is 194 Å². The van der Waals surface area contributed by atoms with Gasteiger partial charge in [0.2, 0.25) is 11.8 Å². The maximum absolute atomic E-state index is 14.0. The number of primary amides is 1. The number of rotatable bonds is 4. The van der Waals surface area contributed by atoms with Gasteiger partial charge in [-0.15, -0.1) is 0 Å². The SMILES string of the molecule is COc1ccc(N2C(N)=C(C#N)[C@@]3(C(=O)N(CC(N)=O)c4ccccc43)C3=C2COC3=O)cc1. The number of benzene rings is 2. The summed E-state index contributed by atoms with van der Waals surface area (Å²) in [6.45, 7) is -0.567. The van der Waals surface area contributed by atoms with Crippen molar-refractivity contribution in [3.8, 4) is 11.8 Å². The Morgan fingerprint density at radius 3 is 2.56 bits per heavy atom. The molecule has 3 aliphatic heterocycles. The number of esters is 1. The van der Waals surface area contributed by atoms with E-state index in [1.165, 1.54) is 16.9 Å². The van der Waals surface area contributed by atoms with E-state index in [9.17, 15) is 19.6 Å². The van der Waals surface area contributed by atoms with Gasteiger partial charge in [-0.3, -0.25) is 14.5 Å². The normalized spacial score (nSPS) is 20.9. The molecule has 1 atom stereocenters. The van der Waals surface area contributed by atoms with Gasteiger partial charge in [-0.05, 0) is 30.3 Å². The quantitative estimate of drug-likeness (QED) is 0.639. The van der Waals surface area contributed by atoms with Gasteiger partial charge in [-0.1, -0.05) is 18.2 Å². The number of anilines is 2. The highest BCUT2D eigenvalue weighted by atomic mass is 16.5. The van der Waals surface area contributed by atoms with E-state index in [2.05, 4.69) is 6.07 Å². The van der Waals surface area contributed by atoms with Crippen molar-refractivity contribution in [3.63, 3.8) is 0 Å². The maximum Gasteiger partial charge on any atom is 0.338 e. The molecule has 0 aromatic heterocycles. The first-order chi connectivity index (χ1) is 16.4. The molecule has 2 aromatic rings. The fourth-order valence-corrected chi connectivity index (χ4v) is 4.93. The van der Waals surface area contributed by atoms with Crippen LogP contribution in [0.2, 0.25) is 0 Å². The summed E-state index contributed by atoms with van der Waals surface area (Å²) < 4.78 is 10.6. The number of methoxy groups -OCH3 is 1. The molecular formula is C24H19N5O5. The van der Waals surface area contributed by atoms with Crippen molar-refractivity contribution < 1.29 is 23.9 Å². The number of nitriles is 1. The molecule has 10 nitrogen and oxygen atoms in total. The van der Waals surface area contributed by atoms with Gasteiger partial charge in [0.1, 0.15) is 36.2 Å². The van der Waals surface area contributed by atoms with E-state index in [0.717, 1.165) is 0 Å². The van der Waals surface area contributed by atoms with Gasteiger partial charge in [0.25, 0.3) is 0 Å². The average molecular weight is 457 g/mol. The predicted octanol–water partition coefficient (Wildman–Crippen LogP) is 0.790. The number of nitrogens with two attached hydrogens (primary N) is 2. The van der Waals surface area contributed by atoms with Crippen LogP contribution < -0.4 is 26.0 Å². The van der Waals surface area contributed by atoms with E-state index in [1.54, 1.807) is 48.5 Å². The highest BCUT2D eigenvalue weighted by molar-refractivity contribution is 6.21. The third kappa shape index (κ3) is 2.58. The van der Waals surface area contributed by atoms with Crippen LogP contribution in [0.3, 0.4) is 0 Å². The number of amides is 2. The zero-order valence-electron chi connectivity index (χ0n) is 18.1. The molecule has 0 aliphatic carbocycles. The van der Waals surface area contributed by atoms with Crippen molar-refractivity contribution >= 4 is 29.2 Å². The van der Waals surface area contributed by atoms with Crippen molar-refractivity contribution in [2.24, 2.45) is 11.5 Å². The van der Waals surface area contributed by atoms with Gasteiger partial charge < -0.3 is 25.8 Å². The highest BCUT2D eigenvalue weighted by Crippen LogP contribution is 2.56. The lowest BCUT2D eigenvalue weighted by Gasteiger charge is -2.38. The van der Waals surface area contributed by atoms with Crippen LogP contribution in [0.4, 0.5) is 11.4 Å². The molecule has 3 heterocycles. The third-order valence-corrected chi connectivity index (χ3v) is 6.27. The second-order valence-corrected chi connectivity index (χ2v) is 7.93. The first kappa shape index (κ1) is 21.1. The first-order valence-electron chi connectivity index (χ1n) is 10.3. The minimum Gasteiger partial charge on any atom is -0.497 e. The van der Waals surface area contributed by atoms with Gasteiger partial charge in [0.15, 0.2) is 0 Å². The number of fused-ring (bicyclic) bond motifs is 3. The maximum atomic E-state index is 14.0. The summed E-state index contributed by atoms with van der Waals surface area (Å²) in [6.07, 6.45) is 0. The Bertz CT molecular complexity index is 1370. The number of carbonyl (C=O) groups is 3. The zero-order valence-corrected chi connectivity index (χ0v) is 18.1. The van der Waals surface area contributed by atoms with Crippen LogP contribution in [-0.4, -0.2) is 38.0 Å². The molecule has 10 heteroatoms. The van der Waals surface area contributed by atoms with E-state index >= 15 is 0 Å². The smallest absolute Gasteiger partial charge is 0.338 e. The molecule has 3 aliphatic rings. The molecule has 2 amide bonds. The van der Waals surface area contributed by atoms with Gasteiger partial charge in [-0.2, -0.15) is 5.26 Å². The van der Waals surface area contributed by atoms with Crippen molar-refractivity contribution in [2.75, 3.05) is 30.1 Å². The van der Waals surface area contributed by atoms with Crippen LogP contribution in [0.1, 0.15) is 5.56 Å². The number of nitrogens with zero attached hydrogens (tertiary/aromatic N) is 3. The summed E-state index contributed by atoms with van der Waals surface area (Å²) in [5, 5.41) is 10.3. The van der Waals surface area contributed by atoms with E-state index < -0.39 is 29.7 Å². The zero-order chi connectivity index (χ0) is 24.2. The molecule has 34 heavy (non-hydrogen) atoms. The molecule has 0 fully saturated rings. The van der Waals surface area contributed by atoms with Crippen LogP contribution in [0.15, 0.2) is 71.2 Å². The predicted molar refractivity (Wildman–Crippen MR) is 120 cm³/mol. The van der Waals surface area contributed by atoms with Crippen LogP contribution in [0, 0.1) is 11.3 Å². The number of hydrogen-bond acceptors (Lipinski definition) is 8. The van der Waals surface area contributed by atoms with E-state index in [-0.39, 0.29) is 23.6 Å². The molecule has 4 N–H and O–H groups in total. The molecule has 0 unspecified atom stereocenters. The monoisotopic (exact) mass is 457 g/mol. The number of para-hydroxylation sites is 1. The number of cyclic esters (lactones) is 1. The van der Waals surface area contributed by atoms with Crippen molar-refractivity contribution in [2.45, 2.75) is 5.41 Å². The van der Waals surface area contributed by atoms with E-state index in [1.807, 2.05) is 0 Å². The molecule has 0 saturated carbocycles. The Morgan fingerprint density at radius 1 is 1.21 bits per heavy atom. The van der Waals surface area contributed by atoms with Crippen molar-refractivity contribution in [1.82, 2.24) is 0 Å². The lowest BCUT2D eigenvalue weighted by molar-refractivity contribution is -0.137. The van der Waals surface area contributed by atoms with Crippen LogP contribution in [0.5, 0.6) is 5.75 Å². The molecule has 0 radical (unpaired) electrons. The number of ether oxygens (including phenoxy) is 2. The highest BCUT2D eigenvalue weighted by Gasteiger charge is 2.64. The van der Waals surface area contributed by atoms with Crippen LogP contribution >= 0.6 is 0 Å². The van der Waals surface area contributed by atoms with Crippen molar-refractivity contribution in [1.29, 1.82) is 5.26 Å². The van der Waals surface area contributed by atoms with Gasteiger partial charge in [0.05, 0.1) is 24.0 Å². The second kappa shape index (κ2) is 7.38. The van der Waals surface area contributed by atoms with Crippen molar-refractivity contribution in [3.05, 3.63) is 76.8 Å². The minimum absolute atomic E-state index is 0.00140. The average Bonchev–Trinajstić information content (AvgIpc) is 3.32. The van der Waals surface area contributed by atoms with Gasteiger partial charge in [-0.25, -0.2) is 4.79 Å². The molecule has 0 bridgehead atoms.